The summed E-state index contributed by atoms with van der Waals surface area (Å²) in [5.74, 6) is 1.57. The van der Waals surface area contributed by atoms with Crippen molar-refractivity contribution in [3.05, 3.63) is 89.4 Å². The molecule has 3 rings (SSSR count). The van der Waals surface area contributed by atoms with E-state index in [0.717, 1.165) is 11.3 Å². The molecule has 128 valence electrons. The molecule has 3 aromatic rings. The van der Waals surface area contributed by atoms with Crippen LogP contribution in [0.2, 0.25) is 0 Å². The largest absolute Gasteiger partial charge is 0.486 e. The van der Waals surface area contributed by atoms with Crippen LogP contribution in [-0.2, 0) is 13.2 Å². The Hall–Kier alpha value is -3.01. The highest BCUT2D eigenvalue weighted by molar-refractivity contribution is 5.91. The van der Waals surface area contributed by atoms with Crippen LogP contribution in [0, 0.1) is 6.92 Å². The molecule has 0 fully saturated rings. The lowest BCUT2D eigenvalue weighted by Crippen LogP contribution is -2.25. The minimum Gasteiger partial charge on any atom is -0.486 e. The van der Waals surface area contributed by atoms with Gasteiger partial charge in [0, 0.05) is 13.6 Å². The van der Waals surface area contributed by atoms with E-state index in [9.17, 15) is 4.79 Å². The van der Waals surface area contributed by atoms with E-state index in [4.69, 9.17) is 9.15 Å². The molecule has 0 aliphatic heterocycles. The Balaban J connectivity index is 1.58. The topological polar surface area (TPSA) is 42.7 Å². The monoisotopic (exact) mass is 335 g/mol. The van der Waals surface area contributed by atoms with Crippen molar-refractivity contribution in [3.8, 4) is 5.75 Å². The molecule has 0 atom stereocenters. The SMILES string of the molecule is Cc1ccc(OCc2ccc(C(=O)N(C)Cc3ccccc3)o2)cc1. The summed E-state index contributed by atoms with van der Waals surface area (Å²) in [6.45, 7) is 2.86. The van der Waals surface area contributed by atoms with Crippen LogP contribution in [-0.4, -0.2) is 17.9 Å². The third-order valence-electron chi connectivity index (χ3n) is 3.88. The summed E-state index contributed by atoms with van der Waals surface area (Å²) < 4.78 is 11.3. The standard InChI is InChI=1S/C21H21NO3/c1-16-8-10-18(11-9-16)24-15-19-12-13-20(25-19)21(23)22(2)14-17-6-4-3-5-7-17/h3-13H,14-15H2,1-2H3. The summed E-state index contributed by atoms with van der Waals surface area (Å²) >= 11 is 0. The highest BCUT2D eigenvalue weighted by Crippen LogP contribution is 2.16. The summed E-state index contributed by atoms with van der Waals surface area (Å²) in [4.78, 5) is 14.1. The fraction of sp³-hybridized carbons (Fsp3) is 0.190. The number of nitrogens with zero attached hydrogens (tertiary/aromatic N) is 1. The lowest BCUT2D eigenvalue weighted by atomic mass is 10.2. The molecule has 25 heavy (non-hydrogen) atoms. The quantitative estimate of drug-likeness (QED) is 0.669. The van der Waals surface area contributed by atoms with Gasteiger partial charge in [0.25, 0.3) is 5.91 Å². The van der Waals surface area contributed by atoms with Crippen LogP contribution in [0.3, 0.4) is 0 Å². The summed E-state index contributed by atoms with van der Waals surface area (Å²) in [6, 6.07) is 21.1. The van der Waals surface area contributed by atoms with Crippen molar-refractivity contribution in [2.75, 3.05) is 7.05 Å². The van der Waals surface area contributed by atoms with Gasteiger partial charge in [0.15, 0.2) is 5.76 Å². The minimum atomic E-state index is -0.148. The van der Waals surface area contributed by atoms with E-state index in [1.807, 2.05) is 61.5 Å². The normalized spacial score (nSPS) is 10.5. The number of hydrogen-bond donors (Lipinski definition) is 0. The Kier molecular flexibility index (Phi) is 5.19. The van der Waals surface area contributed by atoms with Crippen molar-refractivity contribution >= 4 is 5.91 Å². The summed E-state index contributed by atoms with van der Waals surface area (Å²) in [6.07, 6.45) is 0. The molecule has 0 spiro atoms. The van der Waals surface area contributed by atoms with Crippen LogP contribution in [0.1, 0.15) is 27.4 Å². The zero-order chi connectivity index (χ0) is 17.6. The van der Waals surface area contributed by atoms with E-state index in [1.165, 1.54) is 5.56 Å². The number of carbonyl (C=O) groups excluding carboxylic acids is 1. The maximum Gasteiger partial charge on any atom is 0.289 e. The number of amides is 1. The van der Waals surface area contributed by atoms with Crippen LogP contribution < -0.4 is 4.74 Å². The van der Waals surface area contributed by atoms with Crippen molar-refractivity contribution in [2.45, 2.75) is 20.1 Å². The van der Waals surface area contributed by atoms with Gasteiger partial charge in [-0.1, -0.05) is 48.0 Å². The predicted molar refractivity (Wildman–Crippen MR) is 96.5 cm³/mol. The predicted octanol–water partition coefficient (Wildman–Crippen LogP) is 4.44. The Morgan fingerprint density at radius 3 is 2.44 bits per heavy atom. The lowest BCUT2D eigenvalue weighted by molar-refractivity contribution is 0.0749. The van der Waals surface area contributed by atoms with Gasteiger partial charge in [-0.25, -0.2) is 0 Å². The third kappa shape index (κ3) is 4.51. The van der Waals surface area contributed by atoms with Gasteiger partial charge in [0.2, 0.25) is 0 Å². The van der Waals surface area contributed by atoms with E-state index in [0.29, 0.717) is 24.7 Å². The van der Waals surface area contributed by atoms with Crippen LogP contribution in [0.15, 0.2) is 71.1 Å². The Morgan fingerprint density at radius 2 is 1.72 bits per heavy atom. The molecule has 0 bridgehead atoms. The Labute approximate surface area is 147 Å². The second kappa shape index (κ2) is 7.71. The molecule has 1 heterocycles. The average Bonchev–Trinajstić information content (AvgIpc) is 3.10. The van der Waals surface area contributed by atoms with Crippen molar-refractivity contribution in [3.63, 3.8) is 0 Å². The molecular formula is C21H21NO3. The minimum absolute atomic E-state index is 0.148. The molecule has 0 saturated heterocycles. The van der Waals surface area contributed by atoms with Crippen molar-refractivity contribution in [1.82, 2.24) is 4.90 Å². The second-order valence-electron chi connectivity index (χ2n) is 6.01. The van der Waals surface area contributed by atoms with Crippen LogP contribution >= 0.6 is 0 Å². The first kappa shape index (κ1) is 16.8. The molecule has 0 aliphatic rings. The van der Waals surface area contributed by atoms with Crippen LogP contribution in [0.25, 0.3) is 0 Å². The molecule has 4 heteroatoms. The van der Waals surface area contributed by atoms with E-state index < -0.39 is 0 Å². The van der Waals surface area contributed by atoms with Gasteiger partial charge in [-0.15, -0.1) is 0 Å². The average molecular weight is 335 g/mol. The van der Waals surface area contributed by atoms with Crippen molar-refractivity contribution < 1.29 is 13.9 Å². The lowest BCUT2D eigenvalue weighted by Gasteiger charge is -2.15. The van der Waals surface area contributed by atoms with Gasteiger partial charge in [0.05, 0.1) is 0 Å². The molecule has 2 aromatic carbocycles. The van der Waals surface area contributed by atoms with E-state index in [-0.39, 0.29) is 5.91 Å². The summed E-state index contributed by atoms with van der Waals surface area (Å²) in [7, 11) is 1.76. The molecule has 0 aliphatic carbocycles. The van der Waals surface area contributed by atoms with Crippen molar-refractivity contribution in [1.29, 1.82) is 0 Å². The summed E-state index contributed by atoms with van der Waals surface area (Å²) in [5.41, 5.74) is 2.26. The van der Waals surface area contributed by atoms with Gasteiger partial charge >= 0.3 is 0 Å². The molecule has 1 aromatic heterocycles. The van der Waals surface area contributed by atoms with Gasteiger partial charge in [-0.05, 0) is 36.8 Å². The van der Waals surface area contributed by atoms with E-state index >= 15 is 0 Å². The molecule has 0 unspecified atom stereocenters. The Morgan fingerprint density at radius 1 is 1.00 bits per heavy atom. The maximum atomic E-state index is 12.5. The van der Waals surface area contributed by atoms with Gasteiger partial charge < -0.3 is 14.1 Å². The zero-order valence-electron chi connectivity index (χ0n) is 14.4. The molecule has 0 saturated carbocycles. The molecule has 0 radical (unpaired) electrons. The molecular weight excluding hydrogens is 314 g/mol. The highest BCUT2D eigenvalue weighted by Gasteiger charge is 2.16. The van der Waals surface area contributed by atoms with Crippen LogP contribution in [0.5, 0.6) is 5.75 Å². The van der Waals surface area contributed by atoms with Gasteiger partial charge in [-0.3, -0.25) is 4.79 Å². The number of carbonyl (C=O) groups is 1. The first-order valence-corrected chi connectivity index (χ1v) is 8.19. The number of benzene rings is 2. The van der Waals surface area contributed by atoms with Gasteiger partial charge in [-0.2, -0.15) is 0 Å². The number of aryl methyl sites for hydroxylation is 1. The third-order valence-corrected chi connectivity index (χ3v) is 3.88. The first-order chi connectivity index (χ1) is 12.1. The van der Waals surface area contributed by atoms with Gasteiger partial charge in [0.1, 0.15) is 18.1 Å². The molecule has 0 N–H and O–H groups in total. The fourth-order valence-electron chi connectivity index (χ4n) is 2.48. The Bertz CT molecular complexity index is 822. The first-order valence-electron chi connectivity index (χ1n) is 8.19. The number of ether oxygens (including phenoxy) is 1. The maximum absolute atomic E-state index is 12.5. The number of rotatable bonds is 6. The number of furan rings is 1. The smallest absolute Gasteiger partial charge is 0.289 e. The van der Waals surface area contributed by atoms with Crippen molar-refractivity contribution in [2.24, 2.45) is 0 Å². The molecule has 4 nitrogen and oxygen atoms in total. The fourth-order valence-corrected chi connectivity index (χ4v) is 2.48. The van der Waals surface area contributed by atoms with E-state index in [2.05, 4.69) is 0 Å². The number of hydrogen-bond acceptors (Lipinski definition) is 3. The summed E-state index contributed by atoms with van der Waals surface area (Å²) in [5, 5.41) is 0. The van der Waals surface area contributed by atoms with Crippen LogP contribution in [0.4, 0.5) is 0 Å². The molecule has 1 amide bonds. The highest BCUT2D eigenvalue weighted by atomic mass is 16.5. The second-order valence-corrected chi connectivity index (χ2v) is 6.01. The van der Waals surface area contributed by atoms with E-state index in [1.54, 1.807) is 24.1 Å². The zero-order valence-corrected chi connectivity index (χ0v) is 14.4.